The van der Waals surface area contributed by atoms with Gasteiger partial charge in [-0.05, 0) is 68.8 Å². The largest absolute Gasteiger partial charge is 0.481 e. The van der Waals surface area contributed by atoms with Gasteiger partial charge in [-0.2, -0.15) is 0 Å². The van der Waals surface area contributed by atoms with Crippen LogP contribution in [-0.2, 0) is 22.6 Å². The molecule has 2 N–H and O–H groups in total. The molecule has 0 radical (unpaired) electrons. The topological polar surface area (TPSA) is 72.9 Å². The number of carbonyl (C=O) groups is 2. The van der Waals surface area contributed by atoms with Crippen LogP contribution in [0.2, 0.25) is 0 Å². The average Bonchev–Trinajstić information content (AvgIpc) is 2.99. The van der Waals surface area contributed by atoms with Gasteiger partial charge in [0.2, 0.25) is 5.91 Å². The summed E-state index contributed by atoms with van der Waals surface area (Å²) in [4.78, 5) is 28.5. The van der Waals surface area contributed by atoms with Gasteiger partial charge < -0.3 is 15.3 Å². The number of nitrogens with one attached hydrogen (secondary N) is 1. The Morgan fingerprint density at radius 3 is 2.66 bits per heavy atom. The summed E-state index contributed by atoms with van der Waals surface area (Å²) < 4.78 is 0. The summed E-state index contributed by atoms with van der Waals surface area (Å²) in [6, 6.07) is 8.47. The lowest BCUT2D eigenvalue weighted by molar-refractivity contribution is -0.141. The standard InChI is InChI=1S/C23H33N3O3/c27-21(6-7-22(28)29)25-16-20-5-2-1-4-19(20)14-23(17-25)10-3-13-26(23)15-18-8-11-24-12-9-18/h1-2,4-5,18,24H,3,6-17H2,(H,28,29). The highest BCUT2D eigenvalue weighted by Gasteiger charge is 2.45. The molecule has 3 aliphatic rings. The van der Waals surface area contributed by atoms with Crippen molar-refractivity contribution in [1.29, 1.82) is 0 Å². The van der Waals surface area contributed by atoms with Crippen LogP contribution in [0.1, 0.15) is 49.7 Å². The number of benzene rings is 1. The van der Waals surface area contributed by atoms with E-state index in [9.17, 15) is 9.59 Å². The summed E-state index contributed by atoms with van der Waals surface area (Å²) in [5, 5.41) is 12.5. The minimum atomic E-state index is -0.906. The summed E-state index contributed by atoms with van der Waals surface area (Å²) in [6.07, 6.45) is 5.70. The van der Waals surface area contributed by atoms with E-state index in [1.165, 1.54) is 30.4 Å². The molecule has 6 heteroatoms. The number of carboxylic acids is 1. The number of likely N-dealkylation sites (tertiary alicyclic amines) is 1. The van der Waals surface area contributed by atoms with Gasteiger partial charge in [-0.25, -0.2) is 0 Å². The summed E-state index contributed by atoms with van der Waals surface area (Å²) >= 11 is 0. The van der Waals surface area contributed by atoms with Crippen LogP contribution < -0.4 is 5.32 Å². The minimum absolute atomic E-state index is 0.0175. The second kappa shape index (κ2) is 8.84. The molecule has 1 aromatic rings. The number of rotatable bonds is 5. The van der Waals surface area contributed by atoms with Crippen LogP contribution in [0.3, 0.4) is 0 Å². The molecule has 2 saturated heterocycles. The van der Waals surface area contributed by atoms with Crippen molar-refractivity contribution >= 4 is 11.9 Å². The van der Waals surface area contributed by atoms with Crippen molar-refractivity contribution in [3.8, 4) is 0 Å². The van der Waals surface area contributed by atoms with Crippen LogP contribution in [0.4, 0.5) is 0 Å². The molecule has 3 aliphatic heterocycles. The highest BCUT2D eigenvalue weighted by molar-refractivity contribution is 5.81. The maximum atomic E-state index is 12.9. The molecule has 0 aliphatic carbocycles. The summed E-state index contributed by atoms with van der Waals surface area (Å²) in [7, 11) is 0. The Morgan fingerprint density at radius 2 is 1.90 bits per heavy atom. The molecule has 4 rings (SSSR count). The molecule has 3 heterocycles. The SMILES string of the molecule is O=C(O)CCC(=O)N1Cc2ccccc2CC2(CCCN2CC2CCNCC2)C1. The van der Waals surface area contributed by atoms with E-state index in [4.69, 9.17) is 5.11 Å². The Hall–Kier alpha value is -1.92. The molecule has 1 atom stereocenters. The van der Waals surface area contributed by atoms with Gasteiger partial charge in [-0.3, -0.25) is 14.5 Å². The third-order valence-corrected chi connectivity index (χ3v) is 7.07. The smallest absolute Gasteiger partial charge is 0.303 e. The number of hydrogen-bond acceptors (Lipinski definition) is 4. The number of fused-ring (bicyclic) bond motifs is 1. The van der Waals surface area contributed by atoms with Gasteiger partial charge >= 0.3 is 5.97 Å². The Morgan fingerprint density at radius 1 is 1.14 bits per heavy atom. The van der Waals surface area contributed by atoms with Gasteiger partial charge in [-0.1, -0.05) is 24.3 Å². The van der Waals surface area contributed by atoms with Crippen molar-refractivity contribution in [2.24, 2.45) is 5.92 Å². The van der Waals surface area contributed by atoms with Crippen molar-refractivity contribution in [3.05, 3.63) is 35.4 Å². The summed E-state index contributed by atoms with van der Waals surface area (Å²) in [5.41, 5.74) is 2.54. The summed E-state index contributed by atoms with van der Waals surface area (Å²) in [6.45, 7) is 5.73. The number of carbonyl (C=O) groups excluding carboxylic acids is 1. The molecule has 2 fully saturated rings. The molecular weight excluding hydrogens is 366 g/mol. The van der Waals surface area contributed by atoms with Crippen LogP contribution in [0, 0.1) is 5.92 Å². The van der Waals surface area contributed by atoms with Crippen LogP contribution >= 0.6 is 0 Å². The van der Waals surface area contributed by atoms with Gasteiger partial charge in [0, 0.05) is 31.6 Å². The molecule has 158 valence electrons. The first-order valence-electron chi connectivity index (χ1n) is 11.1. The van der Waals surface area contributed by atoms with Gasteiger partial charge in [0.15, 0.2) is 0 Å². The first-order valence-corrected chi connectivity index (χ1v) is 11.1. The van der Waals surface area contributed by atoms with E-state index in [1.54, 1.807) is 0 Å². The zero-order valence-corrected chi connectivity index (χ0v) is 17.2. The van der Waals surface area contributed by atoms with Crippen LogP contribution in [0.15, 0.2) is 24.3 Å². The van der Waals surface area contributed by atoms with Crippen LogP contribution in [0.5, 0.6) is 0 Å². The van der Waals surface area contributed by atoms with E-state index in [-0.39, 0.29) is 24.3 Å². The monoisotopic (exact) mass is 399 g/mol. The minimum Gasteiger partial charge on any atom is -0.481 e. The van der Waals surface area contributed by atoms with Crippen molar-refractivity contribution in [2.75, 3.05) is 32.7 Å². The number of piperidine rings is 1. The predicted octanol–water partition coefficient (Wildman–Crippen LogP) is 2.27. The number of aliphatic carboxylic acids is 1. The lowest BCUT2D eigenvalue weighted by Crippen LogP contribution is -2.55. The third-order valence-electron chi connectivity index (χ3n) is 7.07. The fraction of sp³-hybridized carbons (Fsp3) is 0.652. The van der Waals surface area contributed by atoms with E-state index in [0.717, 1.165) is 44.9 Å². The molecule has 0 aromatic heterocycles. The predicted molar refractivity (Wildman–Crippen MR) is 112 cm³/mol. The second-order valence-corrected chi connectivity index (χ2v) is 9.06. The van der Waals surface area contributed by atoms with Crippen molar-refractivity contribution in [1.82, 2.24) is 15.1 Å². The number of nitrogens with zero attached hydrogens (tertiary/aromatic N) is 2. The first-order chi connectivity index (χ1) is 14.1. The zero-order chi connectivity index (χ0) is 20.3. The van der Waals surface area contributed by atoms with Crippen molar-refractivity contribution < 1.29 is 14.7 Å². The Kier molecular flexibility index (Phi) is 6.20. The molecule has 0 bridgehead atoms. The van der Waals surface area contributed by atoms with Crippen LogP contribution in [0.25, 0.3) is 0 Å². The van der Waals surface area contributed by atoms with E-state index in [2.05, 4.69) is 28.4 Å². The van der Waals surface area contributed by atoms with Crippen LogP contribution in [-0.4, -0.2) is 65.0 Å². The first kappa shape index (κ1) is 20.4. The Bertz CT molecular complexity index is 747. The Balaban J connectivity index is 1.58. The van der Waals surface area contributed by atoms with E-state index >= 15 is 0 Å². The number of hydrogen-bond donors (Lipinski definition) is 2. The maximum absolute atomic E-state index is 12.9. The molecular formula is C23H33N3O3. The number of amides is 1. The molecule has 1 aromatic carbocycles. The van der Waals surface area contributed by atoms with Crippen molar-refractivity contribution in [3.63, 3.8) is 0 Å². The summed E-state index contributed by atoms with van der Waals surface area (Å²) in [5.74, 6) is -0.213. The lowest BCUT2D eigenvalue weighted by atomic mass is 9.86. The average molecular weight is 400 g/mol. The lowest BCUT2D eigenvalue weighted by Gasteiger charge is -2.42. The Labute approximate surface area is 173 Å². The highest BCUT2D eigenvalue weighted by atomic mass is 16.4. The normalized spacial score (nSPS) is 25.7. The second-order valence-electron chi connectivity index (χ2n) is 9.06. The highest BCUT2D eigenvalue weighted by Crippen LogP contribution is 2.38. The molecule has 1 spiro atoms. The fourth-order valence-corrected chi connectivity index (χ4v) is 5.49. The quantitative estimate of drug-likeness (QED) is 0.795. The van der Waals surface area contributed by atoms with Gasteiger partial charge in [0.25, 0.3) is 0 Å². The van der Waals surface area contributed by atoms with E-state index in [1.807, 2.05) is 11.0 Å². The molecule has 0 saturated carbocycles. The molecule has 29 heavy (non-hydrogen) atoms. The zero-order valence-electron chi connectivity index (χ0n) is 17.2. The van der Waals surface area contributed by atoms with Gasteiger partial charge in [0.05, 0.1) is 6.42 Å². The molecule has 1 unspecified atom stereocenters. The maximum Gasteiger partial charge on any atom is 0.303 e. The van der Waals surface area contributed by atoms with E-state index < -0.39 is 5.97 Å². The molecule has 1 amide bonds. The van der Waals surface area contributed by atoms with Gasteiger partial charge in [-0.15, -0.1) is 0 Å². The third kappa shape index (κ3) is 4.64. The van der Waals surface area contributed by atoms with Crippen molar-refractivity contribution in [2.45, 2.75) is 57.0 Å². The van der Waals surface area contributed by atoms with E-state index in [0.29, 0.717) is 13.1 Å². The van der Waals surface area contributed by atoms with Gasteiger partial charge in [0.1, 0.15) is 0 Å². The molecule has 6 nitrogen and oxygen atoms in total. The number of carboxylic acid groups (broad SMARTS) is 1. The fourth-order valence-electron chi connectivity index (χ4n) is 5.49.